The molecule has 0 heterocycles. The number of hydrogen-bond acceptors (Lipinski definition) is 1. The van der Waals surface area contributed by atoms with Crippen molar-refractivity contribution in [3.05, 3.63) is 70.8 Å². The lowest BCUT2D eigenvalue weighted by Crippen LogP contribution is -2.16. The highest BCUT2D eigenvalue weighted by molar-refractivity contribution is 5.36. The normalized spacial score (nSPS) is 12.7. The zero-order valence-electron chi connectivity index (χ0n) is 12.6. The highest BCUT2D eigenvalue weighted by atomic mass is 16.3. The van der Waals surface area contributed by atoms with Gasteiger partial charge in [-0.15, -0.1) is 0 Å². The largest absolute Gasteiger partial charge is 0.392 e. The number of aliphatic hydroxyl groups excluding tert-OH is 1. The number of rotatable bonds is 5. The second-order valence-electron chi connectivity index (χ2n) is 5.41. The first kappa shape index (κ1) is 14.8. The molecule has 1 unspecified atom stereocenters. The molecule has 2 rings (SSSR count). The first-order valence-electron chi connectivity index (χ1n) is 7.51. The van der Waals surface area contributed by atoms with Crippen molar-refractivity contribution in [2.45, 2.75) is 45.6 Å². The first-order chi connectivity index (χ1) is 9.65. The summed E-state index contributed by atoms with van der Waals surface area (Å²) in [6.45, 7) is 6.18. The molecule has 1 nitrogen and oxygen atoms in total. The Morgan fingerprint density at radius 2 is 1.10 bits per heavy atom. The van der Waals surface area contributed by atoms with Gasteiger partial charge in [-0.05, 0) is 42.0 Å². The summed E-state index contributed by atoms with van der Waals surface area (Å²) in [5, 5.41) is 10.2. The average molecular weight is 268 g/mol. The van der Waals surface area contributed by atoms with Crippen LogP contribution in [0.2, 0.25) is 0 Å². The van der Waals surface area contributed by atoms with E-state index >= 15 is 0 Å². The summed E-state index contributed by atoms with van der Waals surface area (Å²) in [4.78, 5) is 0. The third-order valence-corrected chi connectivity index (χ3v) is 3.98. The van der Waals surface area contributed by atoms with Gasteiger partial charge in [-0.1, -0.05) is 62.4 Å². The molecule has 0 saturated heterocycles. The highest BCUT2D eigenvalue weighted by Crippen LogP contribution is 2.28. The molecule has 0 fully saturated rings. The van der Waals surface area contributed by atoms with Crippen LogP contribution in [0.15, 0.2) is 48.5 Å². The van der Waals surface area contributed by atoms with E-state index in [1.54, 1.807) is 0 Å². The summed E-state index contributed by atoms with van der Waals surface area (Å²) in [6, 6.07) is 17.2. The molecule has 1 heteroatoms. The van der Waals surface area contributed by atoms with Crippen LogP contribution < -0.4 is 0 Å². The molecule has 106 valence electrons. The van der Waals surface area contributed by atoms with E-state index in [-0.39, 0.29) is 5.92 Å². The molecule has 1 N–H and O–H groups in total. The molecule has 0 bridgehead atoms. The molecule has 2 aromatic rings. The minimum atomic E-state index is -0.394. The molecule has 0 aliphatic rings. The lowest BCUT2D eigenvalue weighted by Gasteiger charge is -2.21. The fraction of sp³-hybridized carbons (Fsp3) is 0.368. The second kappa shape index (κ2) is 6.71. The van der Waals surface area contributed by atoms with E-state index in [1.807, 2.05) is 6.92 Å². The third-order valence-electron chi connectivity index (χ3n) is 3.98. The minimum Gasteiger partial charge on any atom is -0.392 e. The standard InChI is InChI=1S/C19H24O/c1-4-15-6-10-17(11-7-15)19(14(3)20)18-12-8-16(5-2)9-13-18/h6-14,19-20H,4-5H2,1-3H3. The zero-order valence-corrected chi connectivity index (χ0v) is 12.6. The van der Waals surface area contributed by atoms with Gasteiger partial charge in [0.2, 0.25) is 0 Å². The van der Waals surface area contributed by atoms with E-state index in [1.165, 1.54) is 22.3 Å². The number of benzene rings is 2. The van der Waals surface area contributed by atoms with Gasteiger partial charge in [0.1, 0.15) is 0 Å². The molecule has 20 heavy (non-hydrogen) atoms. The predicted molar refractivity (Wildman–Crippen MR) is 85.2 cm³/mol. The lowest BCUT2D eigenvalue weighted by atomic mass is 9.86. The molecule has 0 radical (unpaired) electrons. The van der Waals surface area contributed by atoms with Crippen LogP contribution in [0.4, 0.5) is 0 Å². The Morgan fingerprint density at radius 1 is 0.750 bits per heavy atom. The molecule has 1 atom stereocenters. The van der Waals surface area contributed by atoms with Crippen molar-refractivity contribution in [3.63, 3.8) is 0 Å². The van der Waals surface area contributed by atoms with Crippen LogP contribution >= 0.6 is 0 Å². The van der Waals surface area contributed by atoms with E-state index in [0.717, 1.165) is 12.8 Å². The molecule has 0 spiro atoms. The molecule has 0 saturated carbocycles. The SMILES string of the molecule is CCc1ccc(C(c2ccc(CC)cc2)C(C)O)cc1. The van der Waals surface area contributed by atoms with Crippen LogP contribution in [0, 0.1) is 0 Å². The molecular formula is C19H24O. The Labute approximate surface area is 122 Å². The zero-order chi connectivity index (χ0) is 14.5. The molecular weight excluding hydrogens is 244 g/mol. The molecule has 2 aromatic carbocycles. The van der Waals surface area contributed by atoms with Gasteiger partial charge in [0.15, 0.2) is 0 Å². The van der Waals surface area contributed by atoms with Crippen LogP contribution in [0.1, 0.15) is 48.9 Å². The summed E-state index contributed by atoms with van der Waals surface area (Å²) >= 11 is 0. The second-order valence-corrected chi connectivity index (χ2v) is 5.41. The van der Waals surface area contributed by atoms with Crippen molar-refractivity contribution in [1.29, 1.82) is 0 Å². The number of aryl methyl sites for hydroxylation is 2. The van der Waals surface area contributed by atoms with Crippen LogP contribution in [0.25, 0.3) is 0 Å². The molecule has 0 aromatic heterocycles. The van der Waals surface area contributed by atoms with E-state index in [9.17, 15) is 5.11 Å². The fourth-order valence-electron chi connectivity index (χ4n) is 2.67. The molecule has 0 amide bonds. The fourth-order valence-corrected chi connectivity index (χ4v) is 2.67. The Hall–Kier alpha value is -1.60. The Kier molecular flexibility index (Phi) is 4.97. The number of hydrogen-bond donors (Lipinski definition) is 1. The smallest absolute Gasteiger partial charge is 0.0621 e. The third kappa shape index (κ3) is 3.29. The van der Waals surface area contributed by atoms with Gasteiger partial charge in [0.25, 0.3) is 0 Å². The van der Waals surface area contributed by atoms with Gasteiger partial charge in [0, 0.05) is 5.92 Å². The van der Waals surface area contributed by atoms with Crippen molar-refractivity contribution in [2.75, 3.05) is 0 Å². The summed E-state index contributed by atoms with van der Waals surface area (Å²) < 4.78 is 0. The van der Waals surface area contributed by atoms with Crippen molar-refractivity contribution in [1.82, 2.24) is 0 Å². The van der Waals surface area contributed by atoms with Crippen molar-refractivity contribution < 1.29 is 5.11 Å². The Balaban J connectivity index is 2.33. The van der Waals surface area contributed by atoms with E-state index in [4.69, 9.17) is 0 Å². The number of aliphatic hydroxyl groups is 1. The summed E-state index contributed by atoms with van der Waals surface area (Å²) in [5.74, 6) is 0.0480. The van der Waals surface area contributed by atoms with Crippen LogP contribution in [0.5, 0.6) is 0 Å². The maximum atomic E-state index is 10.2. The van der Waals surface area contributed by atoms with Gasteiger partial charge < -0.3 is 5.11 Å². The highest BCUT2D eigenvalue weighted by Gasteiger charge is 2.19. The average Bonchev–Trinajstić information content (AvgIpc) is 2.48. The Bertz CT molecular complexity index is 475. The maximum Gasteiger partial charge on any atom is 0.0621 e. The van der Waals surface area contributed by atoms with Crippen molar-refractivity contribution in [2.24, 2.45) is 0 Å². The van der Waals surface area contributed by atoms with Gasteiger partial charge in [-0.2, -0.15) is 0 Å². The topological polar surface area (TPSA) is 20.2 Å². The quantitative estimate of drug-likeness (QED) is 0.856. The monoisotopic (exact) mass is 268 g/mol. The van der Waals surface area contributed by atoms with Crippen LogP contribution in [-0.4, -0.2) is 11.2 Å². The minimum absolute atomic E-state index is 0.0480. The van der Waals surface area contributed by atoms with Crippen LogP contribution in [-0.2, 0) is 12.8 Å². The van der Waals surface area contributed by atoms with Gasteiger partial charge >= 0.3 is 0 Å². The molecule has 0 aliphatic heterocycles. The van der Waals surface area contributed by atoms with E-state index in [0.29, 0.717) is 0 Å². The Morgan fingerprint density at radius 3 is 1.35 bits per heavy atom. The summed E-state index contributed by atoms with van der Waals surface area (Å²) in [6.07, 6.45) is 1.70. The van der Waals surface area contributed by atoms with Crippen molar-refractivity contribution in [3.8, 4) is 0 Å². The summed E-state index contributed by atoms with van der Waals surface area (Å²) in [7, 11) is 0. The van der Waals surface area contributed by atoms with E-state index in [2.05, 4.69) is 62.4 Å². The van der Waals surface area contributed by atoms with Gasteiger partial charge in [-0.3, -0.25) is 0 Å². The van der Waals surface area contributed by atoms with E-state index < -0.39 is 6.10 Å². The maximum absolute atomic E-state index is 10.2. The first-order valence-corrected chi connectivity index (χ1v) is 7.51. The van der Waals surface area contributed by atoms with Crippen molar-refractivity contribution >= 4 is 0 Å². The van der Waals surface area contributed by atoms with Crippen LogP contribution in [0.3, 0.4) is 0 Å². The van der Waals surface area contributed by atoms with Gasteiger partial charge in [0.05, 0.1) is 6.10 Å². The molecule has 0 aliphatic carbocycles. The summed E-state index contributed by atoms with van der Waals surface area (Å²) in [5.41, 5.74) is 5.03. The predicted octanol–water partition coefficient (Wildman–Crippen LogP) is 4.32. The van der Waals surface area contributed by atoms with Gasteiger partial charge in [-0.25, -0.2) is 0 Å². The lowest BCUT2D eigenvalue weighted by molar-refractivity contribution is 0.176.